The van der Waals surface area contributed by atoms with Crippen LogP contribution in [0.3, 0.4) is 0 Å². The molecule has 32 heavy (non-hydrogen) atoms. The van der Waals surface area contributed by atoms with Gasteiger partial charge in [0.2, 0.25) is 5.95 Å². The standard InChI is InChI=1S/C24H28N6O2/c1-28-23(31)14-21(20-7-8-25-17-26-20)27-24(28)30-11-12-32-22(16-30)19-6-4-5-18(13-19)15-29-9-2-3-10-29/h4-8,13-14,17,22H,2-3,9-12,15-16H2,1H3. The van der Waals surface area contributed by atoms with Crippen molar-refractivity contribution in [2.75, 3.05) is 37.7 Å². The van der Waals surface area contributed by atoms with Gasteiger partial charge in [-0.3, -0.25) is 14.3 Å². The third-order valence-corrected chi connectivity index (χ3v) is 6.23. The van der Waals surface area contributed by atoms with E-state index in [1.54, 1.807) is 23.9 Å². The van der Waals surface area contributed by atoms with Gasteiger partial charge in [0.15, 0.2) is 0 Å². The van der Waals surface area contributed by atoms with Crippen LogP contribution in [0.15, 0.2) is 53.7 Å². The summed E-state index contributed by atoms with van der Waals surface area (Å²) in [6.45, 7) is 5.24. The minimum atomic E-state index is -0.112. The van der Waals surface area contributed by atoms with E-state index in [9.17, 15) is 4.79 Å². The zero-order chi connectivity index (χ0) is 21.9. The monoisotopic (exact) mass is 432 g/mol. The number of likely N-dealkylation sites (tertiary alicyclic amines) is 1. The molecule has 0 bridgehead atoms. The van der Waals surface area contributed by atoms with E-state index in [1.165, 1.54) is 49.5 Å². The van der Waals surface area contributed by atoms with Crippen LogP contribution in [0, 0.1) is 0 Å². The summed E-state index contributed by atoms with van der Waals surface area (Å²) in [5.74, 6) is 0.632. The molecule has 2 aliphatic rings. The summed E-state index contributed by atoms with van der Waals surface area (Å²) in [7, 11) is 1.76. The van der Waals surface area contributed by atoms with E-state index < -0.39 is 0 Å². The summed E-state index contributed by atoms with van der Waals surface area (Å²) >= 11 is 0. The summed E-state index contributed by atoms with van der Waals surface area (Å²) in [6, 6.07) is 12.0. The first kappa shape index (κ1) is 20.8. The molecule has 0 saturated carbocycles. The normalized spacial score (nSPS) is 19.4. The van der Waals surface area contributed by atoms with Crippen molar-refractivity contribution in [3.63, 3.8) is 0 Å². The predicted molar refractivity (Wildman–Crippen MR) is 122 cm³/mol. The van der Waals surface area contributed by atoms with Crippen LogP contribution < -0.4 is 10.5 Å². The molecule has 2 aliphatic heterocycles. The molecule has 5 rings (SSSR count). The third-order valence-electron chi connectivity index (χ3n) is 6.23. The second kappa shape index (κ2) is 9.18. The molecule has 166 valence electrons. The van der Waals surface area contributed by atoms with Gasteiger partial charge < -0.3 is 9.64 Å². The highest BCUT2D eigenvalue weighted by Gasteiger charge is 2.25. The first-order valence-electron chi connectivity index (χ1n) is 11.2. The van der Waals surface area contributed by atoms with Crippen molar-refractivity contribution >= 4 is 5.95 Å². The quantitative estimate of drug-likeness (QED) is 0.613. The van der Waals surface area contributed by atoms with Crippen molar-refractivity contribution in [1.29, 1.82) is 0 Å². The average molecular weight is 433 g/mol. The topological polar surface area (TPSA) is 76.4 Å². The fraction of sp³-hybridized carbons (Fsp3) is 0.417. The van der Waals surface area contributed by atoms with Crippen molar-refractivity contribution in [2.45, 2.75) is 25.5 Å². The molecule has 0 N–H and O–H groups in total. The number of benzene rings is 1. The molecule has 4 heterocycles. The van der Waals surface area contributed by atoms with Crippen LogP contribution in [0.1, 0.15) is 30.1 Å². The van der Waals surface area contributed by atoms with E-state index in [4.69, 9.17) is 9.72 Å². The Bertz CT molecular complexity index is 1130. The molecule has 1 atom stereocenters. The number of hydrogen-bond acceptors (Lipinski definition) is 7. The summed E-state index contributed by atoms with van der Waals surface area (Å²) in [5.41, 5.74) is 3.57. The van der Waals surface area contributed by atoms with Gasteiger partial charge >= 0.3 is 0 Å². The number of morpholine rings is 1. The van der Waals surface area contributed by atoms with Gasteiger partial charge in [-0.15, -0.1) is 0 Å². The van der Waals surface area contributed by atoms with Crippen LogP contribution in [-0.4, -0.2) is 57.2 Å². The fourth-order valence-electron chi connectivity index (χ4n) is 4.51. The molecular formula is C24H28N6O2. The van der Waals surface area contributed by atoms with E-state index in [1.807, 2.05) is 0 Å². The lowest BCUT2D eigenvalue weighted by atomic mass is 10.0. The maximum absolute atomic E-state index is 12.7. The highest BCUT2D eigenvalue weighted by molar-refractivity contribution is 5.55. The highest BCUT2D eigenvalue weighted by atomic mass is 16.5. The van der Waals surface area contributed by atoms with Crippen LogP contribution in [0.2, 0.25) is 0 Å². The van der Waals surface area contributed by atoms with E-state index >= 15 is 0 Å². The Morgan fingerprint density at radius 3 is 2.78 bits per heavy atom. The number of nitrogens with zero attached hydrogens (tertiary/aromatic N) is 6. The molecule has 8 nitrogen and oxygen atoms in total. The Balaban J connectivity index is 1.39. The minimum Gasteiger partial charge on any atom is -0.370 e. The number of hydrogen-bond donors (Lipinski definition) is 0. The second-order valence-corrected chi connectivity index (χ2v) is 8.47. The predicted octanol–water partition coefficient (Wildman–Crippen LogP) is 2.41. The molecular weight excluding hydrogens is 404 g/mol. The van der Waals surface area contributed by atoms with Crippen LogP contribution in [-0.2, 0) is 18.3 Å². The molecule has 2 saturated heterocycles. The number of aromatic nitrogens is 4. The lowest BCUT2D eigenvalue weighted by Crippen LogP contribution is -2.41. The van der Waals surface area contributed by atoms with Crippen molar-refractivity contribution in [1.82, 2.24) is 24.4 Å². The molecule has 1 unspecified atom stereocenters. The molecule has 2 aromatic heterocycles. The van der Waals surface area contributed by atoms with E-state index in [-0.39, 0.29) is 11.7 Å². The van der Waals surface area contributed by atoms with Crippen molar-refractivity contribution in [3.05, 3.63) is 70.4 Å². The Morgan fingerprint density at radius 2 is 1.97 bits per heavy atom. The zero-order valence-corrected chi connectivity index (χ0v) is 18.4. The summed E-state index contributed by atoms with van der Waals surface area (Å²) < 4.78 is 7.73. The molecule has 2 fully saturated rings. The molecule has 0 spiro atoms. The lowest BCUT2D eigenvalue weighted by molar-refractivity contribution is 0.0389. The maximum atomic E-state index is 12.7. The van der Waals surface area contributed by atoms with Gasteiger partial charge in [0.25, 0.3) is 5.56 Å². The number of ether oxygens (including phenoxy) is 1. The highest BCUT2D eigenvalue weighted by Crippen LogP contribution is 2.27. The first-order valence-corrected chi connectivity index (χ1v) is 11.2. The fourth-order valence-corrected chi connectivity index (χ4v) is 4.51. The Kier molecular flexibility index (Phi) is 5.96. The van der Waals surface area contributed by atoms with Gasteiger partial charge in [-0.2, -0.15) is 0 Å². The molecule has 0 aliphatic carbocycles. The minimum absolute atomic E-state index is 0.0677. The van der Waals surface area contributed by atoms with Gasteiger partial charge in [0.05, 0.1) is 24.5 Å². The Labute approximate surface area is 187 Å². The summed E-state index contributed by atoms with van der Waals surface area (Å²) in [6.07, 6.45) is 5.64. The van der Waals surface area contributed by atoms with Crippen molar-refractivity contribution < 1.29 is 4.74 Å². The zero-order valence-electron chi connectivity index (χ0n) is 18.4. The average Bonchev–Trinajstić information content (AvgIpc) is 3.34. The van der Waals surface area contributed by atoms with E-state index in [0.717, 1.165) is 6.54 Å². The van der Waals surface area contributed by atoms with Gasteiger partial charge in [0, 0.05) is 32.4 Å². The van der Waals surface area contributed by atoms with Gasteiger partial charge in [0.1, 0.15) is 12.4 Å². The van der Waals surface area contributed by atoms with Crippen LogP contribution in [0.25, 0.3) is 11.4 Å². The van der Waals surface area contributed by atoms with Gasteiger partial charge in [-0.1, -0.05) is 24.3 Å². The number of rotatable bonds is 5. The van der Waals surface area contributed by atoms with E-state index in [0.29, 0.717) is 37.0 Å². The largest absolute Gasteiger partial charge is 0.370 e. The van der Waals surface area contributed by atoms with Gasteiger partial charge in [-0.05, 0) is 43.1 Å². The smallest absolute Gasteiger partial charge is 0.255 e. The molecule has 0 radical (unpaired) electrons. The second-order valence-electron chi connectivity index (χ2n) is 8.47. The van der Waals surface area contributed by atoms with E-state index in [2.05, 4.69) is 44.0 Å². The molecule has 3 aromatic rings. The Hall–Kier alpha value is -3.10. The van der Waals surface area contributed by atoms with Crippen molar-refractivity contribution in [3.8, 4) is 11.4 Å². The van der Waals surface area contributed by atoms with Gasteiger partial charge in [-0.25, -0.2) is 15.0 Å². The lowest BCUT2D eigenvalue weighted by Gasteiger charge is -2.34. The third kappa shape index (κ3) is 4.42. The van der Waals surface area contributed by atoms with Crippen LogP contribution in [0.4, 0.5) is 5.95 Å². The molecule has 1 aromatic carbocycles. The summed E-state index contributed by atoms with van der Waals surface area (Å²) in [5, 5.41) is 0. The first-order chi connectivity index (χ1) is 15.7. The molecule has 8 heteroatoms. The van der Waals surface area contributed by atoms with Crippen LogP contribution in [0.5, 0.6) is 0 Å². The SMILES string of the molecule is Cn1c(N2CCOC(c3cccc(CN4CCCC4)c3)C2)nc(-c2ccncn2)cc1=O. The maximum Gasteiger partial charge on any atom is 0.255 e. The number of anilines is 1. The van der Waals surface area contributed by atoms with Crippen LogP contribution >= 0.6 is 0 Å². The molecule has 0 amide bonds. The van der Waals surface area contributed by atoms with Crippen molar-refractivity contribution in [2.24, 2.45) is 7.05 Å². The summed E-state index contributed by atoms with van der Waals surface area (Å²) in [4.78, 5) is 30.3. The Morgan fingerprint density at radius 1 is 1.09 bits per heavy atom.